The van der Waals surface area contributed by atoms with E-state index >= 15 is 0 Å². The van der Waals surface area contributed by atoms with E-state index in [1.54, 1.807) is 32.9 Å². The van der Waals surface area contributed by atoms with Gasteiger partial charge in [0, 0.05) is 6.42 Å². The first-order valence-electron chi connectivity index (χ1n) is 7.33. The summed E-state index contributed by atoms with van der Waals surface area (Å²) in [6.45, 7) is 7.15. The fourth-order valence-electron chi connectivity index (χ4n) is 2.10. The molecule has 23 heavy (non-hydrogen) atoms. The number of carbonyl (C=O) groups is 2. The molecule has 0 aliphatic heterocycles. The molecule has 0 saturated heterocycles. The lowest BCUT2D eigenvalue weighted by atomic mass is 10.1. The third-order valence-electron chi connectivity index (χ3n) is 3.54. The fourth-order valence-corrected chi connectivity index (χ4v) is 2.26. The van der Waals surface area contributed by atoms with Crippen LogP contribution in [0.2, 0.25) is 5.02 Å². The molecule has 0 saturated carbocycles. The van der Waals surface area contributed by atoms with Gasteiger partial charge in [0.05, 0.1) is 22.1 Å². The SMILES string of the molecule is CCC(=O)C(C(=O)Nc1cc(C)ccc1Cl)n1nc(C)c(C)n1. The Morgan fingerprint density at radius 3 is 2.39 bits per heavy atom. The van der Waals surface area contributed by atoms with Crippen molar-refractivity contribution in [1.29, 1.82) is 0 Å². The van der Waals surface area contributed by atoms with Crippen molar-refractivity contribution in [3.63, 3.8) is 0 Å². The van der Waals surface area contributed by atoms with Gasteiger partial charge in [-0.05, 0) is 38.5 Å². The first kappa shape index (κ1) is 17.1. The third kappa shape index (κ3) is 3.76. The molecule has 1 unspecified atom stereocenters. The van der Waals surface area contributed by atoms with Crippen LogP contribution < -0.4 is 5.32 Å². The van der Waals surface area contributed by atoms with Gasteiger partial charge in [-0.1, -0.05) is 24.6 Å². The van der Waals surface area contributed by atoms with E-state index < -0.39 is 11.9 Å². The molecule has 1 N–H and O–H groups in total. The predicted octanol–water partition coefficient (Wildman–Crippen LogP) is 3.02. The molecule has 0 aliphatic carbocycles. The summed E-state index contributed by atoms with van der Waals surface area (Å²) in [5.74, 6) is -0.763. The normalized spacial score (nSPS) is 12.0. The van der Waals surface area contributed by atoms with Gasteiger partial charge < -0.3 is 5.32 Å². The summed E-state index contributed by atoms with van der Waals surface area (Å²) < 4.78 is 0. The molecule has 0 fully saturated rings. The fraction of sp³-hybridized carbons (Fsp3) is 0.375. The van der Waals surface area contributed by atoms with Crippen LogP contribution in [-0.4, -0.2) is 26.7 Å². The number of halogens is 1. The van der Waals surface area contributed by atoms with Crippen molar-refractivity contribution in [1.82, 2.24) is 15.0 Å². The van der Waals surface area contributed by atoms with Crippen LogP contribution in [0.25, 0.3) is 0 Å². The van der Waals surface area contributed by atoms with Gasteiger partial charge in [0.15, 0.2) is 5.78 Å². The van der Waals surface area contributed by atoms with Gasteiger partial charge in [0.2, 0.25) is 6.04 Å². The molecule has 7 heteroatoms. The van der Waals surface area contributed by atoms with Crippen molar-refractivity contribution in [3.8, 4) is 0 Å². The summed E-state index contributed by atoms with van der Waals surface area (Å²) in [5.41, 5.74) is 2.78. The van der Waals surface area contributed by atoms with E-state index in [9.17, 15) is 9.59 Å². The molecule has 1 atom stereocenters. The number of Topliss-reactive ketones (excluding diaryl/α,β-unsaturated/α-hetero) is 1. The average Bonchev–Trinajstić information content (AvgIpc) is 2.82. The average molecular weight is 335 g/mol. The summed E-state index contributed by atoms with van der Waals surface area (Å²) in [6.07, 6.45) is 0.208. The Hall–Kier alpha value is -2.21. The number of aromatic nitrogens is 3. The highest BCUT2D eigenvalue weighted by Crippen LogP contribution is 2.24. The van der Waals surface area contributed by atoms with Crippen LogP contribution in [0.1, 0.15) is 36.3 Å². The second-order valence-corrected chi connectivity index (χ2v) is 5.79. The highest BCUT2D eigenvalue weighted by atomic mass is 35.5. The standard InChI is InChI=1S/C16H19ClN4O2/c1-5-14(22)15(21-19-10(3)11(4)20-21)16(23)18-13-8-9(2)6-7-12(13)17/h6-8,15H,5H2,1-4H3,(H,18,23). The van der Waals surface area contributed by atoms with Gasteiger partial charge in [-0.25, -0.2) is 0 Å². The van der Waals surface area contributed by atoms with Crippen LogP contribution in [0.5, 0.6) is 0 Å². The van der Waals surface area contributed by atoms with Gasteiger partial charge in [-0.15, -0.1) is 0 Å². The Labute approximate surface area is 139 Å². The summed E-state index contributed by atoms with van der Waals surface area (Å²) in [5, 5.41) is 11.5. The van der Waals surface area contributed by atoms with Crippen LogP contribution in [0, 0.1) is 20.8 Å². The van der Waals surface area contributed by atoms with Gasteiger partial charge in [0.1, 0.15) is 0 Å². The highest BCUT2D eigenvalue weighted by Gasteiger charge is 2.30. The number of nitrogens with one attached hydrogen (secondary N) is 1. The number of hydrogen-bond acceptors (Lipinski definition) is 4. The maximum Gasteiger partial charge on any atom is 0.258 e. The summed E-state index contributed by atoms with van der Waals surface area (Å²) in [7, 11) is 0. The van der Waals surface area contributed by atoms with Crippen LogP contribution in [0.15, 0.2) is 18.2 Å². The highest BCUT2D eigenvalue weighted by molar-refractivity contribution is 6.33. The Morgan fingerprint density at radius 2 is 1.83 bits per heavy atom. The molecule has 122 valence electrons. The molecule has 1 aromatic carbocycles. The quantitative estimate of drug-likeness (QED) is 0.853. The first-order chi connectivity index (χ1) is 10.8. The summed E-state index contributed by atoms with van der Waals surface area (Å²) >= 11 is 6.10. The zero-order valence-corrected chi connectivity index (χ0v) is 14.3. The van der Waals surface area contributed by atoms with Crippen LogP contribution in [0.4, 0.5) is 5.69 Å². The van der Waals surface area contributed by atoms with Gasteiger partial charge >= 0.3 is 0 Å². The van der Waals surface area contributed by atoms with E-state index in [-0.39, 0.29) is 12.2 Å². The molecule has 0 aliphatic rings. The Kier molecular flexibility index (Phi) is 5.15. The molecule has 2 aromatic rings. The zero-order chi connectivity index (χ0) is 17.1. The minimum absolute atomic E-state index is 0.208. The second-order valence-electron chi connectivity index (χ2n) is 5.39. The van der Waals surface area contributed by atoms with E-state index in [1.807, 2.05) is 13.0 Å². The van der Waals surface area contributed by atoms with Crippen molar-refractivity contribution in [2.45, 2.75) is 40.2 Å². The minimum atomic E-state index is -1.11. The third-order valence-corrected chi connectivity index (χ3v) is 3.87. The number of benzene rings is 1. The van der Waals surface area contributed by atoms with E-state index in [0.29, 0.717) is 22.1 Å². The number of rotatable bonds is 5. The molecular formula is C16H19ClN4O2. The molecular weight excluding hydrogens is 316 g/mol. The molecule has 0 radical (unpaired) electrons. The van der Waals surface area contributed by atoms with E-state index in [0.717, 1.165) is 5.56 Å². The molecule has 0 spiro atoms. The zero-order valence-electron chi connectivity index (χ0n) is 13.6. The van der Waals surface area contributed by atoms with Gasteiger partial charge in [0.25, 0.3) is 5.91 Å². The Morgan fingerprint density at radius 1 is 1.22 bits per heavy atom. The van der Waals surface area contributed by atoms with Crippen molar-refractivity contribution in [3.05, 3.63) is 40.2 Å². The van der Waals surface area contributed by atoms with Crippen molar-refractivity contribution in [2.24, 2.45) is 0 Å². The molecule has 0 bridgehead atoms. The number of carbonyl (C=O) groups excluding carboxylic acids is 2. The largest absolute Gasteiger partial charge is 0.322 e. The maximum absolute atomic E-state index is 12.6. The maximum atomic E-state index is 12.6. The van der Waals surface area contributed by atoms with Crippen molar-refractivity contribution < 1.29 is 9.59 Å². The lowest BCUT2D eigenvalue weighted by molar-refractivity contribution is -0.130. The van der Waals surface area contributed by atoms with Crippen molar-refractivity contribution >= 4 is 29.0 Å². The summed E-state index contributed by atoms with van der Waals surface area (Å²) in [4.78, 5) is 26.0. The van der Waals surface area contributed by atoms with E-state index in [1.165, 1.54) is 4.80 Å². The van der Waals surface area contributed by atoms with E-state index in [2.05, 4.69) is 15.5 Å². The second kappa shape index (κ2) is 6.91. The van der Waals surface area contributed by atoms with E-state index in [4.69, 9.17) is 11.6 Å². The van der Waals surface area contributed by atoms with Crippen LogP contribution in [0.3, 0.4) is 0 Å². The number of aryl methyl sites for hydroxylation is 3. The topological polar surface area (TPSA) is 76.9 Å². The number of nitrogens with zero attached hydrogens (tertiary/aromatic N) is 3. The predicted molar refractivity (Wildman–Crippen MR) is 88.6 cm³/mol. The minimum Gasteiger partial charge on any atom is -0.322 e. The molecule has 2 rings (SSSR count). The monoisotopic (exact) mass is 334 g/mol. The van der Waals surface area contributed by atoms with Crippen LogP contribution in [-0.2, 0) is 9.59 Å². The smallest absolute Gasteiger partial charge is 0.258 e. The molecule has 1 aromatic heterocycles. The number of amides is 1. The molecule has 6 nitrogen and oxygen atoms in total. The Balaban J connectivity index is 2.34. The lowest BCUT2D eigenvalue weighted by Crippen LogP contribution is -2.33. The first-order valence-corrected chi connectivity index (χ1v) is 7.71. The number of hydrogen-bond donors (Lipinski definition) is 1. The Bertz CT molecular complexity index is 735. The number of ketones is 1. The van der Waals surface area contributed by atoms with Gasteiger partial charge in [-0.2, -0.15) is 15.0 Å². The summed E-state index contributed by atoms with van der Waals surface area (Å²) in [6, 6.07) is 4.18. The lowest BCUT2D eigenvalue weighted by Gasteiger charge is -2.15. The molecule has 1 heterocycles. The van der Waals surface area contributed by atoms with Crippen molar-refractivity contribution in [2.75, 3.05) is 5.32 Å². The molecule has 1 amide bonds. The number of anilines is 1. The van der Waals surface area contributed by atoms with Crippen LogP contribution >= 0.6 is 11.6 Å². The van der Waals surface area contributed by atoms with Gasteiger partial charge in [-0.3, -0.25) is 9.59 Å².